The molecule has 8 nitrogen and oxygen atoms in total. The van der Waals surface area contributed by atoms with E-state index in [9.17, 15) is 19.8 Å². The minimum atomic E-state index is -1.05. The van der Waals surface area contributed by atoms with E-state index in [-0.39, 0.29) is 18.4 Å². The van der Waals surface area contributed by atoms with Crippen LogP contribution in [0.2, 0.25) is 0 Å². The van der Waals surface area contributed by atoms with E-state index in [1.807, 2.05) is 42.5 Å². The molecular formula is C33H36N2O6. The molecule has 2 aromatic carbocycles. The molecule has 3 aliphatic carbocycles. The Kier molecular flexibility index (Phi) is 5.54. The van der Waals surface area contributed by atoms with Gasteiger partial charge in [-0.2, -0.15) is 0 Å². The van der Waals surface area contributed by atoms with Crippen molar-refractivity contribution in [2.24, 2.45) is 5.92 Å². The van der Waals surface area contributed by atoms with Crippen LogP contribution in [0.15, 0.2) is 48.0 Å². The van der Waals surface area contributed by atoms with Crippen molar-refractivity contribution in [2.75, 3.05) is 13.1 Å². The fourth-order valence-corrected chi connectivity index (χ4v) is 8.89. The average Bonchev–Trinajstić information content (AvgIpc) is 3.63. The van der Waals surface area contributed by atoms with Crippen LogP contribution in [0.1, 0.15) is 62.1 Å². The Bertz CT molecular complexity index is 1470. The van der Waals surface area contributed by atoms with Crippen molar-refractivity contribution in [2.45, 2.75) is 87.3 Å². The minimum Gasteiger partial charge on any atom is -0.483 e. The van der Waals surface area contributed by atoms with Crippen molar-refractivity contribution in [1.29, 1.82) is 0 Å². The maximum absolute atomic E-state index is 13.9. The summed E-state index contributed by atoms with van der Waals surface area (Å²) in [5.41, 5.74) is 1.74. The molecule has 3 heterocycles. The van der Waals surface area contributed by atoms with Crippen LogP contribution in [-0.2, 0) is 21.4 Å². The maximum atomic E-state index is 13.9. The summed E-state index contributed by atoms with van der Waals surface area (Å²) < 4.78 is 12.4. The van der Waals surface area contributed by atoms with E-state index in [4.69, 9.17) is 9.47 Å². The Morgan fingerprint density at radius 2 is 1.93 bits per heavy atom. The molecule has 6 aliphatic rings. The number of likely N-dealkylation sites (tertiary alicyclic amines) is 2. The third kappa shape index (κ3) is 3.57. The Labute approximate surface area is 239 Å². The lowest BCUT2D eigenvalue weighted by molar-refractivity contribution is -0.207. The molecule has 6 atom stereocenters. The minimum absolute atomic E-state index is 0.0466. The molecule has 2 N–H and O–H groups in total. The normalized spacial score (nSPS) is 36.3. The first-order chi connectivity index (χ1) is 19.8. The van der Waals surface area contributed by atoms with Gasteiger partial charge in [-0.1, -0.05) is 36.4 Å². The van der Waals surface area contributed by atoms with Gasteiger partial charge in [0.05, 0.1) is 17.1 Å². The van der Waals surface area contributed by atoms with Gasteiger partial charge in [-0.15, -0.1) is 0 Å². The Hall–Kier alpha value is -3.20. The molecule has 2 saturated carbocycles. The molecule has 8 heteroatoms. The van der Waals surface area contributed by atoms with Gasteiger partial charge in [-0.3, -0.25) is 14.5 Å². The third-order valence-electron chi connectivity index (χ3n) is 10.7. The lowest BCUT2D eigenvalue weighted by atomic mass is 9.48. The second kappa shape index (κ2) is 8.90. The SMILES string of the molecule is CC(=O)Oc1ccc2c3c1O[C@H]1[C@H](N4C(=O)/C(=C/c5ccccc5)CC4O)CC[C@@]4(O)[C@@H](C2)N(CC2CC2)CC[C@]314. The van der Waals surface area contributed by atoms with Crippen LogP contribution in [0, 0.1) is 5.92 Å². The molecule has 2 saturated heterocycles. The van der Waals surface area contributed by atoms with Crippen molar-refractivity contribution in [1.82, 2.24) is 9.80 Å². The first-order valence-electron chi connectivity index (χ1n) is 15.0. The summed E-state index contributed by atoms with van der Waals surface area (Å²) in [5.74, 6) is 0.959. The molecule has 214 valence electrons. The van der Waals surface area contributed by atoms with E-state index in [0.29, 0.717) is 48.7 Å². The van der Waals surface area contributed by atoms with Gasteiger partial charge in [0.15, 0.2) is 11.5 Å². The number of rotatable bonds is 5. The summed E-state index contributed by atoms with van der Waals surface area (Å²) in [6.45, 7) is 3.21. The van der Waals surface area contributed by atoms with Gasteiger partial charge in [0, 0.05) is 37.1 Å². The zero-order chi connectivity index (χ0) is 28.1. The van der Waals surface area contributed by atoms with Crippen LogP contribution < -0.4 is 9.47 Å². The molecule has 2 bridgehead atoms. The summed E-state index contributed by atoms with van der Waals surface area (Å²) in [6.07, 6.45) is 5.48. The van der Waals surface area contributed by atoms with E-state index in [0.717, 1.165) is 29.8 Å². The zero-order valence-electron chi connectivity index (χ0n) is 23.3. The van der Waals surface area contributed by atoms with E-state index in [1.165, 1.54) is 19.8 Å². The van der Waals surface area contributed by atoms with E-state index < -0.39 is 35.4 Å². The van der Waals surface area contributed by atoms with Crippen LogP contribution in [0.3, 0.4) is 0 Å². The number of esters is 1. The number of aliphatic hydroxyl groups is 2. The second-order valence-electron chi connectivity index (χ2n) is 12.9. The third-order valence-corrected chi connectivity index (χ3v) is 10.7. The number of hydrogen-bond donors (Lipinski definition) is 2. The van der Waals surface area contributed by atoms with Crippen LogP contribution in [-0.4, -0.2) is 75.0 Å². The van der Waals surface area contributed by atoms with E-state index in [2.05, 4.69) is 4.90 Å². The number of nitrogens with zero attached hydrogens (tertiary/aromatic N) is 2. The van der Waals surface area contributed by atoms with Gasteiger partial charge in [-0.05, 0) is 74.3 Å². The van der Waals surface area contributed by atoms with Crippen molar-refractivity contribution >= 4 is 18.0 Å². The highest BCUT2D eigenvalue weighted by atomic mass is 16.6. The predicted molar refractivity (Wildman–Crippen MR) is 150 cm³/mol. The first-order valence-corrected chi connectivity index (χ1v) is 15.0. The Balaban J connectivity index is 1.22. The number of hydrogen-bond acceptors (Lipinski definition) is 7. The fraction of sp³-hybridized carbons (Fsp3) is 0.515. The number of benzene rings is 2. The number of ether oxygens (including phenoxy) is 2. The lowest BCUT2D eigenvalue weighted by Crippen LogP contribution is -2.78. The highest BCUT2D eigenvalue weighted by Crippen LogP contribution is 2.66. The smallest absolute Gasteiger partial charge is 0.308 e. The molecule has 2 aromatic rings. The highest BCUT2D eigenvalue weighted by Gasteiger charge is 2.74. The van der Waals surface area contributed by atoms with Gasteiger partial charge < -0.3 is 24.6 Å². The summed E-state index contributed by atoms with van der Waals surface area (Å²) in [6, 6.07) is 13.0. The summed E-state index contributed by atoms with van der Waals surface area (Å²) in [7, 11) is 0. The molecule has 0 aromatic heterocycles. The average molecular weight is 557 g/mol. The number of carbonyl (C=O) groups excluding carboxylic acids is 2. The van der Waals surface area contributed by atoms with Crippen molar-refractivity contribution in [3.05, 3.63) is 64.7 Å². The molecule has 3 aliphatic heterocycles. The van der Waals surface area contributed by atoms with Crippen LogP contribution in [0.4, 0.5) is 0 Å². The summed E-state index contributed by atoms with van der Waals surface area (Å²) in [4.78, 5) is 30.0. The van der Waals surface area contributed by atoms with Crippen molar-refractivity contribution in [3.8, 4) is 11.5 Å². The largest absolute Gasteiger partial charge is 0.483 e. The predicted octanol–water partition coefficient (Wildman–Crippen LogP) is 3.18. The van der Waals surface area contributed by atoms with Gasteiger partial charge in [0.1, 0.15) is 12.3 Å². The summed E-state index contributed by atoms with van der Waals surface area (Å²) in [5, 5.41) is 24.1. The van der Waals surface area contributed by atoms with E-state index >= 15 is 0 Å². The Morgan fingerprint density at radius 1 is 1.12 bits per heavy atom. The highest BCUT2D eigenvalue weighted by molar-refractivity contribution is 6.00. The van der Waals surface area contributed by atoms with Crippen LogP contribution >= 0.6 is 0 Å². The molecule has 4 fully saturated rings. The van der Waals surface area contributed by atoms with Crippen LogP contribution in [0.25, 0.3) is 6.08 Å². The molecule has 1 spiro atoms. The van der Waals surface area contributed by atoms with Crippen LogP contribution in [0.5, 0.6) is 11.5 Å². The fourth-order valence-electron chi connectivity index (χ4n) is 8.89. The number of amides is 1. The molecular weight excluding hydrogens is 520 g/mol. The first kappa shape index (κ1) is 25.5. The number of carbonyl (C=O) groups is 2. The molecule has 1 unspecified atom stereocenters. The monoisotopic (exact) mass is 556 g/mol. The molecule has 8 rings (SSSR count). The standard InChI is InChI=1S/C33H36N2O6/c1-19(36)40-25-10-9-22-16-26-33(39)12-11-24(35-27(37)17-23(31(35)38)15-20-5-3-2-4-6-20)30-32(33,28(22)29(25)41-30)13-14-34(26)18-21-7-8-21/h2-6,9-10,15,21,24,26-27,30,37,39H,7-8,11-14,16-18H2,1H3/b23-15+/t24-,26-,27?,30+,32+,33-/m1/s1. The lowest BCUT2D eigenvalue weighted by Gasteiger charge is -2.64. The molecule has 41 heavy (non-hydrogen) atoms. The summed E-state index contributed by atoms with van der Waals surface area (Å²) >= 11 is 0. The maximum Gasteiger partial charge on any atom is 0.308 e. The second-order valence-corrected chi connectivity index (χ2v) is 12.9. The quantitative estimate of drug-likeness (QED) is 0.332. The van der Waals surface area contributed by atoms with E-state index in [1.54, 1.807) is 11.0 Å². The van der Waals surface area contributed by atoms with Crippen molar-refractivity contribution in [3.63, 3.8) is 0 Å². The van der Waals surface area contributed by atoms with Gasteiger partial charge in [-0.25, -0.2) is 0 Å². The molecule has 0 radical (unpaired) electrons. The number of piperidine rings is 1. The van der Waals surface area contributed by atoms with Gasteiger partial charge in [0.25, 0.3) is 5.91 Å². The number of aliphatic hydroxyl groups excluding tert-OH is 1. The van der Waals surface area contributed by atoms with Gasteiger partial charge in [0.2, 0.25) is 0 Å². The van der Waals surface area contributed by atoms with Crippen molar-refractivity contribution < 1.29 is 29.3 Å². The van der Waals surface area contributed by atoms with Gasteiger partial charge >= 0.3 is 5.97 Å². The topological polar surface area (TPSA) is 99.5 Å². The Morgan fingerprint density at radius 3 is 2.68 bits per heavy atom. The molecule has 1 amide bonds. The zero-order valence-corrected chi connectivity index (χ0v) is 23.3.